The van der Waals surface area contributed by atoms with Gasteiger partial charge in [0.1, 0.15) is 5.82 Å². The first-order chi connectivity index (χ1) is 13.4. The second-order valence-corrected chi connectivity index (χ2v) is 7.86. The van der Waals surface area contributed by atoms with E-state index >= 15 is 0 Å². The Morgan fingerprint density at radius 1 is 1.29 bits per heavy atom. The van der Waals surface area contributed by atoms with Crippen molar-refractivity contribution in [2.24, 2.45) is 17.8 Å². The molecular weight excluding hydrogens is 358 g/mol. The van der Waals surface area contributed by atoms with Gasteiger partial charge in [0.25, 0.3) is 0 Å². The predicted octanol–water partition coefficient (Wildman–Crippen LogP) is 1.19. The summed E-state index contributed by atoms with van der Waals surface area (Å²) in [7, 11) is 0. The number of benzene rings is 1. The number of amides is 1. The minimum Gasteiger partial charge on any atom is -0.465 e. The minimum atomic E-state index is -0.935. The van der Waals surface area contributed by atoms with Crippen molar-refractivity contribution < 1.29 is 9.90 Å². The van der Waals surface area contributed by atoms with Gasteiger partial charge in [-0.3, -0.25) is 9.47 Å². The number of likely N-dealkylation sites (tertiary alicyclic amines) is 1. The van der Waals surface area contributed by atoms with Crippen molar-refractivity contribution in [2.75, 3.05) is 25.4 Å². The number of piperidine rings is 1. The molecule has 148 valence electrons. The summed E-state index contributed by atoms with van der Waals surface area (Å²) in [6.07, 6.45) is 1.64. The van der Waals surface area contributed by atoms with E-state index in [2.05, 4.69) is 22.1 Å². The summed E-state index contributed by atoms with van der Waals surface area (Å²) in [6.45, 7) is 4.90. The summed E-state index contributed by atoms with van der Waals surface area (Å²) < 4.78 is 1.48. The summed E-state index contributed by atoms with van der Waals surface area (Å²) in [5, 5.41) is 11.2. The van der Waals surface area contributed by atoms with Gasteiger partial charge in [-0.2, -0.15) is 4.98 Å². The quantitative estimate of drug-likeness (QED) is 0.691. The molecule has 1 aliphatic carbocycles. The molecule has 2 aromatic rings. The van der Waals surface area contributed by atoms with Crippen molar-refractivity contribution in [3.05, 3.63) is 52.6 Å². The van der Waals surface area contributed by atoms with E-state index in [1.807, 2.05) is 24.3 Å². The van der Waals surface area contributed by atoms with Crippen LogP contribution in [-0.4, -0.2) is 51.3 Å². The van der Waals surface area contributed by atoms with Crippen molar-refractivity contribution in [1.29, 1.82) is 0 Å². The molecule has 2 unspecified atom stereocenters. The summed E-state index contributed by atoms with van der Waals surface area (Å²) in [5.41, 5.74) is 7.14. The fourth-order valence-corrected chi connectivity index (χ4v) is 4.43. The molecule has 0 radical (unpaired) electrons. The lowest BCUT2D eigenvalue weighted by molar-refractivity contribution is 0.190. The molecule has 0 spiro atoms. The Balaban J connectivity index is 1.32. The average Bonchev–Trinajstić information content (AvgIpc) is 3.10. The Morgan fingerprint density at radius 2 is 1.96 bits per heavy atom. The highest BCUT2D eigenvalue weighted by Gasteiger charge is 2.55. The van der Waals surface area contributed by atoms with Gasteiger partial charge in [-0.25, -0.2) is 9.59 Å². The molecule has 1 saturated heterocycles. The molecule has 28 heavy (non-hydrogen) atoms. The fraction of sp³-hybridized carbons (Fsp3) is 0.450. The molecular formula is C20H25N5O3. The largest absolute Gasteiger partial charge is 0.465 e. The molecule has 4 N–H and O–H groups in total. The molecule has 8 nitrogen and oxygen atoms in total. The third kappa shape index (κ3) is 3.73. The molecule has 1 amide bonds. The topological polar surface area (TPSA) is 113 Å². The van der Waals surface area contributed by atoms with Crippen LogP contribution in [0.5, 0.6) is 0 Å². The Labute approximate surface area is 163 Å². The van der Waals surface area contributed by atoms with E-state index in [9.17, 15) is 9.59 Å². The normalized spacial score (nSPS) is 24.5. The van der Waals surface area contributed by atoms with E-state index in [1.54, 1.807) is 12.3 Å². The zero-order valence-electron chi connectivity index (χ0n) is 15.8. The number of hydrogen-bond acceptors (Lipinski definition) is 5. The number of carbonyl (C=O) groups is 1. The molecule has 8 heteroatoms. The van der Waals surface area contributed by atoms with Crippen molar-refractivity contribution in [3.63, 3.8) is 0 Å². The molecule has 1 aliphatic heterocycles. The molecule has 2 heterocycles. The zero-order valence-corrected chi connectivity index (χ0v) is 15.8. The Hall–Kier alpha value is -2.87. The maximum Gasteiger partial charge on any atom is 0.404 e. The van der Waals surface area contributed by atoms with Gasteiger partial charge >= 0.3 is 11.8 Å². The lowest BCUT2D eigenvalue weighted by Crippen LogP contribution is -2.36. The number of hydrogen-bond donors (Lipinski definition) is 3. The number of anilines is 1. The summed E-state index contributed by atoms with van der Waals surface area (Å²) in [6, 6.07) is 9.98. The van der Waals surface area contributed by atoms with Gasteiger partial charge in [0.2, 0.25) is 0 Å². The first-order valence-corrected chi connectivity index (χ1v) is 9.57. The molecule has 2 fully saturated rings. The first-order valence-electron chi connectivity index (χ1n) is 9.57. The van der Waals surface area contributed by atoms with Crippen molar-refractivity contribution in [1.82, 2.24) is 19.8 Å². The van der Waals surface area contributed by atoms with Crippen LogP contribution in [0.1, 0.15) is 12.5 Å². The lowest BCUT2D eigenvalue weighted by atomic mass is 10.0. The highest BCUT2D eigenvalue weighted by molar-refractivity contribution is 5.64. The molecule has 1 aromatic heterocycles. The van der Waals surface area contributed by atoms with Crippen LogP contribution >= 0.6 is 0 Å². The van der Waals surface area contributed by atoms with Gasteiger partial charge in [0, 0.05) is 31.9 Å². The molecule has 1 saturated carbocycles. The van der Waals surface area contributed by atoms with Crippen LogP contribution in [0.3, 0.4) is 0 Å². The third-order valence-electron chi connectivity index (χ3n) is 6.08. The van der Waals surface area contributed by atoms with Crippen molar-refractivity contribution >= 4 is 11.9 Å². The van der Waals surface area contributed by atoms with E-state index < -0.39 is 6.09 Å². The molecule has 1 aromatic carbocycles. The van der Waals surface area contributed by atoms with Gasteiger partial charge in [-0.1, -0.05) is 12.1 Å². The first kappa shape index (κ1) is 18.5. The van der Waals surface area contributed by atoms with E-state index in [-0.39, 0.29) is 11.5 Å². The number of rotatable bonds is 6. The maximum absolute atomic E-state index is 12.0. The summed E-state index contributed by atoms with van der Waals surface area (Å²) in [5.74, 6) is 1.98. The van der Waals surface area contributed by atoms with E-state index in [1.165, 1.54) is 10.1 Å². The van der Waals surface area contributed by atoms with Crippen molar-refractivity contribution in [3.8, 4) is 5.69 Å². The van der Waals surface area contributed by atoms with Gasteiger partial charge in [-0.15, -0.1) is 0 Å². The fourth-order valence-electron chi connectivity index (χ4n) is 4.43. The Bertz CT molecular complexity index is 914. The third-order valence-corrected chi connectivity index (χ3v) is 6.08. The Kier molecular flexibility index (Phi) is 4.80. The SMILES string of the molecule is C[C@H](Cc1ccc(-n2ccc(N)nc2=O)cc1)N1CC2C(CNC(=O)O)C2C1. The second-order valence-electron chi connectivity index (χ2n) is 7.86. The van der Waals surface area contributed by atoms with Crippen LogP contribution < -0.4 is 16.7 Å². The van der Waals surface area contributed by atoms with Gasteiger partial charge in [0.15, 0.2) is 0 Å². The molecule has 4 rings (SSSR count). The van der Waals surface area contributed by atoms with Gasteiger partial charge < -0.3 is 16.2 Å². The zero-order chi connectivity index (χ0) is 19.8. The van der Waals surface area contributed by atoms with Gasteiger partial charge in [0.05, 0.1) is 5.69 Å². The van der Waals surface area contributed by atoms with E-state index in [0.29, 0.717) is 30.3 Å². The van der Waals surface area contributed by atoms with E-state index in [0.717, 1.165) is 25.2 Å². The molecule has 2 aliphatic rings. The van der Waals surface area contributed by atoms with Gasteiger partial charge in [-0.05, 0) is 54.9 Å². The highest BCUT2D eigenvalue weighted by atomic mass is 16.4. The molecule has 3 atom stereocenters. The summed E-state index contributed by atoms with van der Waals surface area (Å²) >= 11 is 0. The highest BCUT2D eigenvalue weighted by Crippen LogP contribution is 2.51. The number of nitrogens with zero attached hydrogens (tertiary/aromatic N) is 3. The maximum atomic E-state index is 12.0. The minimum absolute atomic E-state index is 0.219. The number of nitrogens with one attached hydrogen (secondary N) is 1. The smallest absolute Gasteiger partial charge is 0.404 e. The number of nitrogens with two attached hydrogens (primary N) is 1. The van der Waals surface area contributed by atoms with Crippen LogP contribution in [0, 0.1) is 17.8 Å². The van der Waals surface area contributed by atoms with Crippen molar-refractivity contribution in [2.45, 2.75) is 19.4 Å². The van der Waals surface area contributed by atoms with Crippen LogP contribution in [0.2, 0.25) is 0 Å². The number of fused-ring (bicyclic) bond motifs is 1. The predicted molar refractivity (Wildman–Crippen MR) is 105 cm³/mol. The second kappa shape index (κ2) is 7.27. The van der Waals surface area contributed by atoms with Crippen LogP contribution in [-0.2, 0) is 6.42 Å². The van der Waals surface area contributed by atoms with Crippen LogP contribution in [0.15, 0.2) is 41.3 Å². The van der Waals surface area contributed by atoms with Crippen LogP contribution in [0.25, 0.3) is 5.69 Å². The lowest BCUT2D eigenvalue weighted by Gasteiger charge is -2.27. The monoisotopic (exact) mass is 383 g/mol. The van der Waals surface area contributed by atoms with Crippen LogP contribution in [0.4, 0.5) is 10.6 Å². The molecule has 0 bridgehead atoms. The summed E-state index contributed by atoms with van der Waals surface area (Å²) in [4.78, 5) is 28.8. The number of carboxylic acid groups (broad SMARTS) is 1. The van der Waals surface area contributed by atoms with E-state index in [4.69, 9.17) is 10.8 Å². The number of aromatic nitrogens is 2. The standard InChI is InChI=1S/C20H25N5O3/c1-12(24-10-16-15(17(16)11-24)9-22-20(27)28)8-13-2-4-14(5-3-13)25-7-6-18(21)23-19(25)26/h2-7,12,15-17,22H,8-11H2,1H3,(H,27,28)(H2,21,23,26)/t12-,15?,16?,17?/m1/s1. The number of nitrogen functional groups attached to an aromatic ring is 1. The average molecular weight is 383 g/mol. The Morgan fingerprint density at radius 3 is 2.57 bits per heavy atom.